The summed E-state index contributed by atoms with van der Waals surface area (Å²) in [5, 5.41) is 9.57. The van der Waals surface area contributed by atoms with Gasteiger partial charge in [-0.25, -0.2) is 4.99 Å². The van der Waals surface area contributed by atoms with Crippen molar-refractivity contribution in [2.24, 2.45) is 4.99 Å². The number of amidine groups is 1. The molecular weight excluding hydrogens is 362 g/mol. The number of benzene rings is 1. The van der Waals surface area contributed by atoms with E-state index in [1.807, 2.05) is 30.5 Å². The lowest BCUT2D eigenvalue weighted by Crippen LogP contribution is -2.42. The Morgan fingerprint density at radius 1 is 1.21 bits per heavy atom. The number of pyridine rings is 1. The normalized spacial score (nSPS) is 17.3. The number of hydrogen-bond donors (Lipinski definition) is 1. The van der Waals surface area contributed by atoms with Crippen molar-refractivity contribution in [1.29, 1.82) is 0 Å². The Morgan fingerprint density at radius 2 is 2.03 bits per heavy atom. The van der Waals surface area contributed by atoms with E-state index in [2.05, 4.69) is 30.5 Å². The van der Waals surface area contributed by atoms with Crippen molar-refractivity contribution in [2.75, 3.05) is 26.3 Å². The average Bonchev–Trinajstić information content (AvgIpc) is 2.77. The fraction of sp³-hybridized carbons (Fsp3) is 0.333. The van der Waals surface area contributed by atoms with E-state index >= 15 is 0 Å². The molecule has 1 aromatic heterocycles. The zero-order chi connectivity index (χ0) is 20.2. The van der Waals surface area contributed by atoms with E-state index in [1.165, 1.54) is 11.1 Å². The van der Waals surface area contributed by atoms with Crippen LogP contribution in [0.1, 0.15) is 41.3 Å². The molecule has 29 heavy (non-hydrogen) atoms. The van der Waals surface area contributed by atoms with Crippen molar-refractivity contribution in [1.82, 2.24) is 9.88 Å². The van der Waals surface area contributed by atoms with Crippen LogP contribution in [0.25, 0.3) is 11.8 Å². The molecule has 5 heteroatoms. The highest BCUT2D eigenvalue weighted by Gasteiger charge is 2.24. The van der Waals surface area contributed by atoms with Gasteiger partial charge in [-0.15, -0.1) is 0 Å². The van der Waals surface area contributed by atoms with Gasteiger partial charge in [-0.2, -0.15) is 0 Å². The first kappa shape index (κ1) is 19.6. The molecule has 0 aliphatic carbocycles. The lowest BCUT2D eigenvalue weighted by atomic mass is 9.96. The summed E-state index contributed by atoms with van der Waals surface area (Å²) in [6.07, 6.45) is 5.52. The molecule has 4 rings (SSSR count). The maximum atomic E-state index is 9.57. The van der Waals surface area contributed by atoms with E-state index in [0.29, 0.717) is 13.2 Å². The standard InChI is InChI=1S/C24H27N3O2/c1-3-18-13-21-8-7-17(2)22(20-6-4-5-19(14-20)16-28)26-24(23(21)25-15-18)27-9-11-29-12-10-27/h3-6,13-15,28H,1,7-12,16H2,2H3. The molecule has 0 saturated carbocycles. The van der Waals surface area contributed by atoms with Crippen LogP contribution in [0, 0.1) is 0 Å². The van der Waals surface area contributed by atoms with E-state index in [-0.39, 0.29) is 6.61 Å². The molecule has 0 spiro atoms. The van der Waals surface area contributed by atoms with Gasteiger partial charge < -0.3 is 14.7 Å². The van der Waals surface area contributed by atoms with Gasteiger partial charge in [0.25, 0.3) is 0 Å². The zero-order valence-corrected chi connectivity index (χ0v) is 16.9. The van der Waals surface area contributed by atoms with Crippen molar-refractivity contribution < 1.29 is 9.84 Å². The van der Waals surface area contributed by atoms with E-state index in [1.54, 1.807) is 0 Å². The van der Waals surface area contributed by atoms with Crippen LogP contribution in [-0.4, -0.2) is 47.1 Å². The van der Waals surface area contributed by atoms with Gasteiger partial charge in [0.05, 0.1) is 25.5 Å². The van der Waals surface area contributed by atoms with E-state index in [4.69, 9.17) is 14.7 Å². The minimum atomic E-state index is 0.0227. The van der Waals surface area contributed by atoms with Crippen molar-refractivity contribution in [3.8, 4) is 0 Å². The summed E-state index contributed by atoms with van der Waals surface area (Å²) in [4.78, 5) is 12.2. The third-order valence-electron chi connectivity index (χ3n) is 5.52. The second kappa shape index (κ2) is 8.72. The number of hydrogen-bond acceptors (Lipinski definition) is 5. The van der Waals surface area contributed by atoms with Gasteiger partial charge in [0.15, 0.2) is 5.84 Å². The topological polar surface area (TPSA) is 58.0 Å². The molecule has 1 aromatic carbocycles. The molecular formula is C24H27N3O2. The molecule has 2 aliphatic heterocycles. The maximum absolute atomic E-state index is 9.57. The van der Waals surface area contributed by atoms with Gasteiger partial charge >= 0.3 is 0 Å². The molecule has 0 amide bonds. The van der Waals surface area contributed by atoms with Crippen LogP contribution in [0.15, 0.2) is 53.7 Å². The molecule has 150 valence electrons. The van der Waals surface area contributed by atoms with Gasteiger partial charge in [-0.1, -0.05) is 30.9 Å². The molecule has 2 aromatic rings. The summed E-state index contributed by atoms with van der Waals surface area (Å²) in [5.41, 5.74) is 7.31. The Labute approximate surface area is 172 Å². The minimum absolute atomic E-state index is 0.0227. The number of aliphatic hydroxyl groups excluding tert-OH is 1. The van der Waals surface area contributed by atoms with Crippen LogP contribution in [0.3, 0.4) is 0 Å². The average molecular weight is 389 g/mol. The SMILES string of the molecule is C=Cc1cnc2c(c1)CCC(C)=C(c1cccc(CO)c1)N=C2N1CCOCC1. The number of rotatable bonds is 3. The zero-order valence-electron chi connectivity index (χ0n) is 16.9. The molecule has 0 atom stereocenters. The first-order valence-corrected chi connectivity index (χ1v) is 10.1. The third-order valence-corrected chi connectivity index (χ3v) is 5.52. The lowest BCUT2D eigenvalue weighted by Gasteiger charge is -2.31. The van der Waals surface area contributed by atoms with Gasteiger partial charge in [0.2, 0.25) is 0 Å². The molecule has 3 heterocycles. The van der Waals surface area contributed by atoms with Crippen molar-refractivity contribution in [3.05, 3.63) is 76.6 Å². The summed E-state index contributed by atoms with van der Waals surface area (Å²) in [5.74, 6) is 0.905. The van der Waals surface area contributed by atoms with Crippen LogP contribution < -0.4 is 0 Å². The number of ether oxygens (including phenoxy) is 1. The molecule has 2 aliphatic rings. The van der Waals surface area contributed by atoms with E-state index in [9.17, 15) is 5.11 Å². The number of aromatic nitrogens is 1. The van der Waals surface area contributed by atoms with Crippen molar-refractivity contribution in [3.63, 3.8) is 0 Å². The first-order chi connectivity index (χ1) is 14.2. The summed E-state index contributed by atoms with van der Waals surface area (Å²) in [7, 11) is 0. The molecule has 0 bridgehead atoms. The summed E-state index contributed by atoms with van der Waals surface area (Å²) >= 11 is 0. The highest BCUT2D eigenvalue weighted by Crippen LogP contribution is 2.29. The van der Waals surface area contributed by atoms with Crippen molar-refractivity contribution >= 4 is 17.6 Å². The number of fused-ring (bicyclic) bond motifs is 1. The van der Waals surface area contributed by atoms with Crippen LogP contribution in [0.2, 0.25) is 0 Å². The second-order valence-electron chi connectivity index (χ2n) is 7.50. The monoisotopic (exact) mass is 389 g/mol. The quantitative estimate of drug-likeness (QED) is 0.870. The van der Waals surface area contributed by atoms with E-state index in [0.717, 1.165) is 59.8 Å². The minimum Gasteiger partial charge on any atom is -0.392 e. The summed E-state index contributed by atoms with van der Waals surface area (Å²) in [6, 6.07) is 10.2. The predicted octanol–water partition coefficient (Wildman–Crippen LogP) is 3.67. The number of aryl methyl sites for hydroxylation is 1. The Balaban J connectivity index is 1.87. The van der Waals surface area contributed by atoms with Crippen molar-refractivity contribution in [2.45, 2.75) is 26.4 Å². The summed E-state index contributed by atoms with van der Waals surface area (Å²) < 4.78 is 5.56. The molecule has 0 unspecified atom stereocenters. The Morgan fingerprint density at radius 3 is 2.79 bits per heavy atom. The summed E-state index contributed by atoms with van der Waals surface area (Å²) in [6.45, 7) is 9.04. The number of allylic oxidation sites excluding steroid dienone is 1. The third kappa shape index (κ3) is 4.16. The smallest absolute Gasteiger partial charge is 0.155 e. The lowest BCUT2D eigenvalue weighted by molar-refractivity contribution is 0.0682. The molecule has 1 fully saturated rings. The number of morpholine rings is 1. The predicted molar refractivity (Wildman–Crippen MR) is 117 cm³/mol. The van der Waals surface area contributed by atoms with Gasteiger partial charge in [0, 0.05) is 24.8 Å². The largest absolute Gasteiger partial charge is 0.392 e. The number of nitrogens with zero attached hydrogens (tertiary/aromatic N) is 3. The van der Waals surface area contributed by atoms with Crippen LogP contribution in [0.5, 0.6) is 0 Å². The first-order valence-electron chi connectivity index (χ1n) is 10.1. The molecule has 0 radical (unpaired) electrons. The number of aliphatic imine (C=N–C) groups is 1. The van der Waals surface area contributed by atoms with Crippen LogP contribution in [0.4, 0.5) is 0 Å². The molecule has 1 saturated heterocycles. The van der Waals surface area contributed by atoms with Gasteiger partial charge in [-0.3, -0.25) is 4.98 Å². The number of aliphatic hydroxyl groups is 1. The fourth-order valence-electron chi connectivity index (χ4n) is 3.85. The highest BCUT2D eigenvalue weighted by atomic mass is 16.5. The fourth-order valence-corrected chi connectivity index (χ4v) is 3.85. The highest BCUT2D eigenvalue weighted by molar-refractivity contribution is 6.02. The molecule has 1 N–H and O–H groups in total. The second-order valence-corrected chi connectivity index (χ2v) is 7.50. The van der Waals surface area contributed by atoms with E-state index < -0.39 is 0 Å². The Bertz CT molecular complexity index is 972. The van der Waals surface area contributed by atoms with Gasteiger partial charge in [0.1, 0.15) is 5.69 Å². The maximum Gasteiger partial charge on any atom is 0.155 e. The van der Waals surface area contributed by atoms with Crippen LogP contribution >= 0.6 is 0 Å². The Hall–Kier alpha value is -2.76. The molecule has 5 nitrogen and oxygen atoms in total. The van der Waals surface area contributed by atoms with Crippen LogP contribution in [-0.2, 0) is 17.8 Å². The Kier molecular flexibility index (Phi) is 5.88. The van der Waals surface area contributed by atoms with Gasteiger partial charge in [-0.05, 0) is 54.2 Å².